The first-order valence-corrected chi connectivity index (χ1v) is 13.9. The standard InChI is InChI=1S/C23H35N5O8S/c1-37(31,32)23-28-27-22(36-23)18-4-6-19(7-5-18)26-21(30)20(29)8-11-25-10-3-13-34-15-17-35-16-14-33-12-2-9-24/h4-7,25H,2-3,8-17,24H2,1H3,(H,26,30)/p+1. The number of sulfone groups is 1. The SMILES string of the molecule is CS(=O)(=O)c1nnc(-c2ccc(NC(=O)C(=O)CCNCCCOCCOCCOCCC[NH3+])cc2)o1. The molecule has 0 fully saturated rings. The number of aromatic nitrogens is 2. The molecule has 0 aliphatic rings. The monoisotopic (exact) mass is 542 g/mol. The van der Waals surface area contributed by atoms with E-state index in [0.717, 1.165) is 25.6 Å². The van der Waals surface area contributed by atoms with Gasteiger partial charge in [0.25, 0.3) is 5.91 Å². The van der Waals surface area contributed by atoms with Crippen molar-refractivity contribution in [1.29, 1.82) is 0 Å². The highest BCUT2D eigenvalue weighted by atomic mass is 32.2. The smallest absolute Gasteiger partial charge is 0.335 e. The van der Waals surface area contributed by atoms with E-state index in [1.807, 2.05) is 0 Å². The second kappa shape index (κ2) is 16.9. The Hall–Kier alpha value is -2.75. The molecule has 2 rings (SSSR count). The summed E-state index contributed by atoms with van der Waals surface area (Å²) in [6.07, 6.45) is 2.75. The fraction of sp³-hybridized carbons (Fsp3) is 0.565. The fourth-order valence-electron chi connectivity index (χ4n) is 2.86. The van der Waals surface area contributed by atoms with Crippen LogP contribution in [0.4, 0.5) is 5.69 Å². The molecule has 37 heavy (non-hydrogen) atoms. The van der Waals surface area contributed by atoms with Gasteiger partial charge < -0.3 is 35.0 Å². The van der Waals surface area contributed by atoms with Crippen LogP contribution in [-0.4, -0.2) is 95.8 Å². The lowest BCUT2D eigenvalue weighted by Gasteiger charge is -2.07. The number of benzene rings is 1. The zero-order valence-corrected chi connectivity index (χ0v) is 21.9. The van der Waals surface area contributed by atoms with Crippen LogP contribution in [0, 0.1) is 0 Å². The van der Waals surface area contributed by atoms with Crippen LogP contribution >= 0.6 is 0 Å². The zero-order valence-electron chi connectivity index (χ0n) is 21.1. The molecule has 0 bridgehead atoms. The normalized spacial score (nSPS) is 11.5. The molecule has 0 saturated carbocycles. The summed E-state index contributed by atoms with van der Waals surface area (Å²) in [7, 11) is -3.60. The third kappa shape index (κ3) is 12.4. The number of anilines is 1. The zero-order chi connectivity index (χ0) is 26.9. The molecule has 0 radical (unpaired) electrons. The number of Topliss-reactive ketones (excluding diaryl/α,β-unsaturated/α-hetero) is 1. The van der Waals surface area contributed by atoms with Crippen LogP contribution in [0.15, 0.2) is 33.9 Å². The fourth-order valence-corrected chi connectivity index (χ4v) is 3.28. The summed E-state index contributed by atoms with van der Waals surface area (Å²) in [4.78, 5) is 24.2. The Bertz CT molecular complexity index is 1060. The minimum absolute atomic E-state index is 0.0284. The first kappa shape index (κ1) is 30.5. The maximum Gasteiger partial charge on any atom is 0.335 e. The van der Waals surface area contributed by atoms with Gasteiger partial charge in [-0.3, -0.25) is 9.59 Å². The molecule has 13 nitrogen and oxygen atoms in total. The van der Waals surface area contributed by atoms with E-state index in [2.05, 4.69) is 26.6 Å². The van der Waals surface area contributed by atoms with Gasteiger partial charge in [0, 0.05) is 43.5 Å². The van der Waals surface area contributed by atoms with Crippen molar-refractivity contribution in [1.82, 2.24) is 15.5 Å². The third-order valence-electron chi connectivity index (χ3n) is 4.82. The molecular formula is C23H36N5O8S+. The molecule has 0 atom stereocenters. The van der Waals surface area contributed by atoms with Crippen molar-refractivity contribution in [2.45, 2.75) is 24.5 Å². The largest absolute Gasteiger partial charge is 0.408 e. The Morgan fingerprint density at radius 2 is 1.54 bits per heavy atom. The Balaban J connectivity index is 1.52. The number of nitrogens with one attached hydrogen (secondary N) is 2. The van der Waals surface area contributed by atoms with Crippen LogP contribution in [0.1, 0.15) is 19.3 Å². The minimum atomic E-state index is -3.60. The van der Waals surface area contributed by atoms with Crippen LogP contribution in [0.25, 0.3) is 11.5 Å². The van der Waals surface area contributed by atoms with Gasteiger partial charge in [-0.2, -0.15) is 0 Å². The van der Waals surface area contributed by atoms with E-state index in [9.17, 15) is 18.0 Å². The van der Waals surface area contributed by atoms with Gasteiger partial charge in [-0.25, -0.2) is 8.42 Å². The first-order chi connectivity index (χ1) is 17.8. The number of nitrogens with zero attached hydrogens (tertiary/aromatic N) is 2. The topological polar surface area (TPSA) is 187 Å². The Kier molecular flexibility index (Phi) is 13.9. The lowest BCUT2D eigenvalue weighted by atomic mass is 10.2. The first-order valence-electron chi connectivity index (χ1n) is 12.0. The number of amides is 1. The van der Waals surface area contributed by atoms with E-state index in [1.54, 1.807) is 24.3 Å². The van der Waals surface area contributed by atoms with Crippen molar-refractivity contribution in [3.63, 3.8) is 0 Å². The molecule has 0 aliphatic heterocycles. The molecule has 206 valence electrons. The van der Waals surface area contributed by atoms with Gasteiger partial charge in [-0.15, -0.1) is 5.10 Å². The highest BCUT2D eigenvalue weighted by molar-refractivity contribution is 7.90. The van der Waals surface area contributed by atoms with Crippen molar-refractivity contribution in [2.75, 3.05) is 70.8 Å². The van der Waals surface area contributed by atoms with E-state index >= 15 is 0 Å². The molecule has 0 unspecified atom stereocenters. The van der Waals surface area contributed by atoms with Crippen molar-refractivity contribution < 1.29 is 42.4 Å². The summed E-state index contributed by atoms with van der Waals surface area (Å²) in [5, 5.41) is 12.4. The minimum Gasteiger partial charge on any atom is -0.408 e. The van der Waals surface area contributed by atoms with Crippen LogP contribution in [0.2, 0.25) is 0 Å². The number of carbonyl (C=O) groups excluding carboxylic acids is 2. The van der Waals surface area contributed by atoms with Gasteiger partial charge in [0.05, 0.1) is 39.6 Å². The molecule has 2 aromatic rings. The molecule has 0 spiro atoms. The van der Waals surface area contributed by atoms with Gasteiger partial charge in [-0.1, -0.05) is 5.10 Å². The van der Waals surface area contributed by atoms with E-state index in [1.165, 1.54) is 0 Å². The molecule has 0 saturated heterocycles. The number of ketones is 1. The predicted molar refractivity (Wildman–Crippen MR) is 133 cm³/mol. The van der Waals surface area contributed by atoms with Crippen molar-refractivity contribution in [3.05, 3.63) is 24.3 Å². The van der Waals surface area contributed by atoms with Crippen molar-refractivity contribution in [2.24, 2.45) is 0 Å². The van der Waals surface area contributed by atoms with Gasteiger partial charge in [0.2, 0.25) is 21.5 Å². The predicted octanol–water partition coefficient (Wildman–Crippen LogP) is -0.301. The number of hydrogen-bond acceptors (Lipinski definition) is 11. The average molecular weight is 543 g/mol. The van der Waals surface area contributed by atoms with Gasteiger partial charge in [0.15, 0.2) is 0 Å². The Labute approximate surface area is 216 Å². The van der Waals surface area contributed by atoms with Crippen LogP contribution < -0.4 is 16.4 Å². The molecule has 5 N–H and O–H groups in total. The molecule has 0 aliphatic carbocycles. The van der Waals surface area contributed by atoms with Crippen LogP contribution in [0.5, 0.6) is 0 Å². The summed E-state index contributed by atoms with van der Waals surface area (Å²) in [6, 6.07) is 6.23. The maximum atomic E-state index is 12.1. The van der Waals surface area contributed by atoms with E-state index in [-0.39, 0.29) is 12.3 Å². The molecule has 14 heteroatoms. The van der Waals surface area contributed by atoms with E-state index < -0.39 is 26.8 Å². The highest BCUT2D eigenvalue weighted by Crippen LogP contribution is 2.21. The Morgan fingerprint density at radius 1 is 0.919 bits per heavy atom. The Morgan fingerprint density at radius 3 is 2.14 bits per heavy atom. The van der Waals surface area contributed by atoms with E-state index in [4.69, 9.17) is 18.6 Å². The summed E-state index contributed by atoms with van der Waals surface area (Å²) in [5.74, 6) is -1.24. The van der Waals surface area contributed by atoms with Crippen LogP contribution in [-0.2, 0) is 33.6 Å². The summed E-state index contributed by atoms with van der Waals surface area (Å²) in [5.41, 5.74) is 4.62. The second-order valence-electron chi connectivity index (χ2n) is 8.00. The van der Waals surface area contributed by atoms with Crippen LogP contribution in [0.3, 0.4) is 0 Å². The lowest BCUT2D eigenvalue weighted by Crippen LogP contribution is -2.50. The third-order valence-corrected chi connectivity index (χ3v) is 5.62. The average Bonchev–Trinajstić information content (AvgIpc) is 3.38. The summed E-state index contributed by atoms with van der Waals surface area (Å²) < 4.78 is 44.3. The molecular weight excluding hydrogens is 506 g/mol. The highest BCUT2D eigenvalue weighted by Gasteiger charge is 2.18. The number of carbonyl (C=O) groups is 2. The number of hydrogen-bond donors (Lipinski definition) is 3. The quantitative estimate of drug-likeness (QED) is 0.147. The van der Waals surface area contributed by atoms with Crippen molar-refractivity contribution >= 4 is 27.2 Å². The maximum absolute atomic E-state index is 12.1. The number of quaternary nitrogens is 1. The molecule has 1 heterocycles. The second-order valence-corrected chi connectivity index (χ2v) is 9.89. The summed E-state index contributed by atoms with van der Waals surface area (Å²) >= 11 is 0. The lowest BCUT2D eigenvalue weighted by molar-refractivity contribution is -0.369. The molecule has 1 amide bonds. The van der Waals surface area contributed by atoms with Gasteiger partial charge >= 0.3 is 5.22 Å². The molecule has 1 aromatic carbocycles. The van der Waals surface area contributed by atoms with E-state index in [0.29, 0.717) is 64.0 Å². The number of ether oxygens (including phenoxy) is 3. The van der Waals surface area contributed by atoms with Gasteiger partial charge in [-0.05, 0) is 37.2 Å². The van der Waals surface area contributed by atoms with Crippen molar-refractivity contribution in [3.8, 4) is 11.5 Å². The number of rotatable bonds is 20. The van der Waals surface area contributed by atoms with Gasteiger partial charge in [0.1, 0.15) is 0 Å². The summed E-state index contributed by atoms with van der Waals surface area (Å²) in [6.45, 7) is 5.33. The molecule has 1 aromatic heterocycles.